The van der Waals surface area contributed by atoms with Gasteiger partial charge in [-0.25, -0.2) is 8.78 Å². The molecule has 112 valence electrons. The van der Waals surface area contributed by atoms with Crippen LogP contribution < -0.4 is 5.11 Å². The molecule has 2 unspecified atom stereocenters. The lowest BCUT2D eigenvalue weighted by Crippen LogP contribution is -2.47. The van der Waals surface area contributed by atoms with E-state index in [-0.39, 0.29) is 13.2 Å². The smallest absolute Gasteiger partial charge is 0.265 e. The number of hydrogen-bond donors (Lipinski definition) is 0. The predicted octanol–water partition coefficient (Wildman–Crippen LogP) is 0.765. The molecule has 1 aromatic rings. The van der Waals surface area contributed by atoms with Gasteiger partial charge in [0.05, 0.1) is 6.61 Å². The third kappa shape index (κ3) is 5.22. The van der Waals surface area contributed by atoms with Crippen LogP contribution in [0.1, 0.15) is 5.56 Å². The number of nitrogens with zero attached hydrogens (tertiary/aromatic N) is 1. The Morgan fingerprint density at radius 2 is 1.90 bits per heavy atom. The van der Waals surface area contributed by atoms with Crippen LogP contribution in [0.15, 0.2) is 30.3 Å². The van der Waals surface area contributed by atoms with Crippen molar-refractivity contribution in [3.05, 3.63) is 35.9 Å². The number of carbonyl (C=O) groups is 1. The largest absolute Gasteiger partial charge is 0.550 e. The van der Waals surface area contributed by atoms with Gasteiger partial charge in [0, 0.05) is 18.4 Å². The van der Waals surface area contributed by atoms with E-state index in [2.05, 4.69) is 0 Å². The molecule has 0 aliphatic heterocycles. The van der Waals surface area contributed by atoms with Gasteiger partial charge in [0.2, 0.25) is 0 Å². The van der Waals surface area contributed by atoms with Crippen LogP contribution in [0.25, 0.3) is 0 Å². The highest BCUT2D eigenvalue weighted by Crippen LogP contribution is 2.18. The Morgan fingerprint density at radius 3 is 2.35 bits per heavy atom. The molecule has 0 saturated heterocycles. The molecule has 0 aliphatic carbocycles. The van der Waals surface area contributed by atoms with Crippen LogP contribution >= 0.6 is 0 Å². The van der Waals surface area contributed by atoms with Crippen molar-refractivity contribution >= 4 is 5.97 Å². The van der Waals surface area contributed by atoms with E-state index in [1.54, 1.807) is 44.4 Å². The third-order valence-electron chi connectivity index (χ3n) is 2.79. The summed E-state index contributed by atoms with van der Waals surface area (Å²) in [4.78, 5) is 12.6. The molecule has 0 fully saturated rings. The number of halogens is 2. The molecular formula is C14H18F2NO3-. The first-order chi connectivity index (χ1) is 9.41. The minimum atomic E-state index is -2.89. The van der Waals surface area contributed by atoms with E-state index in [1.807, 2.05) is 0 Å². The maximum absolute atomic E-state index is 13.0. The van der Waals surface area contributed by atoms with Gasteiger partial charge in [-0.3, -0.25) is 0 Å². The normalized spacial score (nSPS) is 14.5. The summed E-state index contributed by atoms with van der Waals surface area (Å²) in [5.41, 5.74) is 0.708. The Labute approximate surface area is 117 Å². The highest BCUT2D eigenvalue weighted by molar-refractivity contribution is 5.68. The fourth-order valence-corrected chi connectivity index (χ4v) is 1.84. The Bertz CT molecular complexity index is 412. The monoisotopic (exact) mass is 286 g/mol. The zero-order valence-corrected chi connectivity index (χ0v) is 11.5. The molecule has 1 aromatic carbocycles. The topological polar surface area (TPSA) is 52.6 Å². The van der Waals surface area contributed by atoms with E-state index < -0.39 is 24.4 Å². The second-order valence-corrected chi connectivity index (χ2v) is 4.78. The maximum atomic E-state index is 13.0. The summed E-state index contributed by atoms with van der Waals surface area (Å²) in [5.74, 6) is -2.91. The summed E-state index contributed by atoms with van der Waals surface area (Å²) in [6, 6.07) is 8.76. The number of carboxylic acids is 1. The van der Waals surface area contributed by atoms with Gasteiger partial charge in [0.1, 0.15) is 6.10 Å². The number of carbonyl (C=O) groups excluding carboxylic acids is 1. The summed E-state index contributed by atoms with van der Waals surface area (Å²) < 4.78 is 31.2. The number of benzene rings is 1. The summed E-state index contributed by atoms with van der Waals surface area (Å²) in [6.45, 7) is -0.126. The fraction of sp³-hybridized carbons (Fsp3) is 0.500. The molecule has 0 amide bonds. The van der Waals surface area contributed by atoms with Gasteiger partial charge in [-0.1, -0.05) is 30.3 Å². The Kier molecular flexibility index (Phi) is 6.54. The zero-order valence-electron chi connectivity index (χ0n) is 11.5. The zero-order chi connectivity index (χ0) is 15.1. The number of carboxylic acid groups (broad SMARTS) is 1. The molecule has 4 nitrogen and oxygen atoms in total. The van der Waals surface area contributed by atoms with Crippen LogP contribution in [-0.4, -0.2) is 44.0 Å². The van der Waals surface area contributed by atoms with Crippen LogP contribution in [0.3, 0.4) is 0 Å². The second kappa shape index (κ2) is 7.91. The first-order valence-corrected chi connectivity index (χ1v) is 6.21. The summed E-state index contributed by atoms with van der Waals surface area (Å²) in [6.07, 6.45) is -4.58. The van der Waals surface area contributed by atoms with Gasteiger partial charge >= 0.3 is 0 Å². The van der Waals surface area contributed by atoms with E-state index in [4.69, 9.17) is 4.74 Å². The van der Waals surface area contributed by atoms with Gasteiger partial charge in [-0.2, -0.15) is 0 Å². The molecule has 0 spiro atoms. The Balaban J connectivity index is 2.73. The lowest BCUT2D eigenvalue weighted by atomic mass is 10.0. The first-order valence-electron chi connectivity index (χ1n) is 6.21. The average molecular weight is 286 g/mol. The summed E-state index contributed by atoms with van der Waals surface area (Å²) >= 11 is 0. The lowest BCUT2D eigenvalue weighted by Gasteiger charge is -2.29. The number of alkyl halides is 2. The number of hydrogen-bond acceptors (Lipinski definition) is 4. The Hall–Kier alpha value is -1.53. The number of rotatable bonds is 8. The minimum Gasteiger partial charge on any atom is -0.550 e. The quantitative estimate of drug-likeness (QED) is 0.708. The highest BCUT2D eigenvalue weighted by Gasteiger charge is 2.32. The van der Waals surface area contributed by atoms with Crippen molar-refractivity contribution in [3.8, 4) is 0 Å². The molecule has 0 heterocycles. The van der Waals surface area contributed by atoms with Crippen molar-refractivity contribution in [1.82, 2.24) is 4.90 Å². The van der Waals surface area contributed by atoms with Crippen molar-refractivity contribution in [2.75, 3.05) is 20.6 Å². The molecule has 0 saturated carbocycles. The van der Waals surface area contributed by atoms with E-state index in [0.29, 0.717) is 5.56 Å². The number of aliphatic carboxylic acids is 1. The van der Waals surface area contributed by atoms with Crippen molar-refractivity contribution in [1.29, 1.82) is 0 Å². The van der Waals surface area contributed by atoms with Gasteiger partial charge in [-0.05, 0) is 19.7 Å². The fourth-order valence-electron chi connectivity index (χ4n) is 1.84. The van der Waals surface area contributed by atoms with Crippen LogP contribution in [0.2, 0.25) is 0 Å². The van der Waals surface area contributed by atoms with E-state index in [1.165, 1.54) is 4.90 Å². The van der Waals surface area contributed by atoms with Crippen molar-refractivity contribution in [2.24, 2.45) is 5.92 Å². The van der Waals surface area contributed by atoms with Gasteiger partial charge in [-0.15, -0.1) is 0 Å². The molecule has 0 aliphatic rings. The molecule has 1 rings (SSSR count). The van der Waals surface area contributed by atoms with Crippen LogP contribution in [0.5, 0.6) is 0 Å². The molecule has 2 atom stereocenters. The average Bonchev–Trinajstić information content (AvgIpc) is 2.38. The molecular weight excluding hydrogens is 268 g/mol. The Morgan fingerprint density at radius 1 is 1.30 bits per heavy atom. The maximum Gasteiger partial charge on any atom is 0.265 e. The number of ether oxygens (including phenoxy) is 1. The van der Waals surface area contributed by atoms with Gasteiger partial charge in [0.15, 0.2) is 0 Å². The first kappa shape index (κ1) is 16.5. The van der Waals surface area contributed by atoms with Gasteiger partial charge in [0.25, 0.3) is 6.43 Å². The van der Waals surface area contributed by atoms with Crippen molar-refractivity contribution in [3.63, 3.8) is 0 Å². The third-order valence-corrected chi connectivity index (χ3v) is 2.79. The van der Waals surface area contributed by atoms with Crippen LogP contribution in [-0.2, 0) is 16.1 Å². The highest BCUT2D eigenvalue weighted by atomic mass is 19.3. The summed E-state index contributed by atoms with van der Waals surface area (Å²) in [7, 11) is 3.21. The molecule has 6 heteroatoms. The molecule has 0 bridgehead atoms. The van der Waals surface area contributed by atoms with E-state index in [9.17, 15) is 18.7 Å². The van der Waals surface area contributed by atoms with Crippen LogP contribution in [0.4, 0.5) is 8.78 Å². The minimum absolute atomic E-state index is 0.0624. The van der Waals surface area contributed by atoms with Crippen molar-refractivity contribution < 1.29 is 23.4 Å². The predicted molar refractivity (Wildman–Crippen MR) is 68.1 cm³/mol. The van der Waals surface area contributed by atoms with E-state index in [0.717, 1.165) is 0 Å². The van der Waals surface area contributed by atoms with E-state index >= 15 is 0 Å². The molecule has 20 heavy (non-hydrogen) atoms. The molecule has 0 aromatic heterocycles. The second-order valence-electron chi connectivity index (χ2n) is 4.78. The van der Waals surface area contributed by atoms with Gasteiger partial charge < -0.3 is 19.5 Å². The standard InChI is InChI=1S/C14H19F2NO3/c1-17(2)8-11(14(18)19)12(13(15)16)20-9-10-6-4-3-5-7-10/h3-7,11-13H,8-9H2,1-2H3,(H,18,19)/p-1. The molecule has 0 N–H and O–H groups in total. The van der Waals surface area contributed by atoms with Crippen molar-refractivity contribution in [2.45, 2.75) is 19.1 Å². The molecule has 0 radical (unpaired) electrons. The SMILES string of the molecule is CN(C)CC(C(=O)[O-])C(OCc1ccccc1)C(F)F. The summed E-state index contributed by atoms with van der Waals surface area (Å²) in [5, 5.41) is 11.0. The lowest BCUT2D eigenvalue weighted by molar-refractivity contribution is -0.317. The van der Waals surface area contributed by atoms with Crippen LogP contribution in [0, 0.1) is 5.92 Å².